The lowest BCUT2D eigenvalue weighted by Gasteiger charge is -2.22. The van der Waals surface area contributed by atoms with Gasteiger partial charge < -0.3 is 16.0 Å². The van der Waals surface area contributed by atoms with Crippen LogP contribution in [0, 0.1) is 5.82 Å². The number of nitrogens with two attached hydrogens (primary N) is 1. The fourth-order valence-corrected chi connectivity index (χ4v) is 2.67. The van der Waals surface area contributed by atoms with Crippen molar-refractivity contribution in [3.05, 3.63) is 34.1 Å². The fraction of sp³-hybridized carbons (Fsp3) is 0.462. The molecule has 104 valence electrons. The van der Waals surface area contributed by atoms with Crippen LogP contribution in [0.5, 0.6) is 0 Å². The van der Waals surface area contributed by atoms with E-state index in [1.807, 2.05) is 6.92 Å². The minimum absolute atomic E-state index is 0.0604. The van der Waals surface area contributed by atoms with Gasteiger partial charge >= 0.3 is 6.03 Å². The number of hydrogen-bond acceptors (Lipinski definition) is 2. The van der Waals surface area contributed by atoms with Gasteiger partial charge in [-0.05, 0) is 38.1 Å². The Morgan fingerprint density at radius 3 is 3.05 bits per heavy atom. The van der Waals surface area contributed by atoms with Crippen molar-refractivity contribution in [3.63, 3.8) is 0 Å². The molecule has 0 spiro atoms. The van der Waals surface area contributed by atoms with Gasteiger partial charge in [-0.25, -0.2) is 9.18 Å². The van der Waals surface area contributed by atoms with Gasteiger partial charge in [0, 0.05) is 22.6 Å². The summed E-state index contributed by atoms with van der Waals surface area (Å²) in [6.45, 7) is 2.94. The molecule has 0 radical (unpaired) electrons. The molecule has 4 nitrogen and oxygen atoms in total. The normalized spacial score (nSPS) is 20.5. The summed E-state index contributed by atoms with van der Waals surface area (Å²) in [7, 11) is 0. The highest BCUT2D eigenvalue weighted by molar-refractivity contribution is 9.10. The van der Waals surface area contributed by atoms with Crippen LogP contribution in [-0.4, -0.2) is 30.1 Å². The van der Waals surface area contributed by atoms with Gasteiger partial charge in [0.2, 0.25) is 0 Å². The Morgan fingerprint density at radius 1 is 1.63 bits per heavy atom. The maximum atomic E-state index is 13.8. The Morgan fingerprint density at radius 2 is 2.37 bits per heavy atom. The minimum atomic E-state index is -0.315. The Labute approximate surface area is 120 Å². The van der Waals surface area contributed by atoms with E-state index in [0.29, 0.717) is 18.7 Å². The molecule has 0 aromatic heterocycles. The standard InChI is InChI=1S/C13H17BrFN3O/c1-8(4-5-16)18-7-12(17-13(18)19)10-6-9(14)2-3-11(10)15/h2-3,6,8,12H,4-5,7,16H2,1H3,(H,17,19). The lowest BCUT2D eigenvalue weighted by molar-refractivity contribution is 0.199. The van der Waals surface area contributed by atoms with Gasteiger partial charge in [0.05, 0.1) is 6.04 Å². The van der Waals surface area contributed by atoms with Crippen molar-refractivity contribution >= 4 is 22.0 Å². The van der Waals surface area contributed by atoms with Crippen molar-refractivity contribution in [1.29, 1.82) is 0 Å². The molecular formula is C13H17BrFN3O. The van der Waals surface area contributed by atoms with Crippen LogP contribution in [-0.2, 0) is 0 Å². The molecule has 1 aliphatic heterocycles. The molecule has 3 N–H and O–H groups in total. The molecule has 1 heterocycles. The minimum Gasteiger partial charge on any atom is -0.330 e. The van der Waals surface area contributed by atoms with E-state index in [9.17, 15) is 9.18 Å². The summed E-state index contributed by atoms with van der Waals surface area (Å²) in [6, 6.07) is 4.33. The Balaban J connectivity index is 2.16. The highest BCUT2D eigenvalue weighted by atomic mass is 79.9. The van der Waals surface area contributed by atoms with E-state index in [1.165, 1.54) is 6.07 Å². The molecule has 1 fully saturated rings. The van der Waals surface area contributed by atoms with Crippen molar-refractivity contribution in [2.24, 2.45) is 5.73 Å². The quantitative estimate of drug-likeness (QED) is 0.891. The predicted octanol–water partition coefficient (Wildman–Crippen LogP) is 2.39. The first-order valence-electron chi connectivity index (χ1n) is 6.25. The second-order valence-electron chi connectivity index (χ2n) is 4.75. The van der Waals surface area contributed by atoms with Crippen molar-refractivity contribution in [2.45, 2.75) is 25.4 Å². The van der Waals surface area contributed by atoms with Crippen molar-refractivity contribution in [1.82, 2.24) is 10.2 Å². The molecule has 2 amide bonds. The van der Waals surface area contributed by atoms with Gasteiger partial charge in [0.25, 0.3) is 0 Å². The Bertz CT molecular complexity index is 483. The number of nitrogens with zero attached hydrogens (tertiary/aromatic N) is 1. The van der Waals surface area contributed by atoms with E-state index in [1.54, 1.807) is 17.0 Å². The molecule has 2 atom stereocenters. The summed E-state index contributed by atoms with van der Waals surface area (Å²) in [5.41, 5.74) is 6.01. The van der Waals surface area contributed by atoms with E-state index in [-0.39, 0.29) is 23.9 Å². The SMILES string of the molecule is CC(CCN)N1CC(c2cc(Br)ccc2F)NC1=O. The van der Waals surface area contributed by atoms with Crippen LogP contribution in [0.1, 0.15) is 24.9 Å². The van der Waals surface area contributed by atoms with Crippen LogP contribution in [0.15, 0.2) is 22.7 Å². The number of hydrogen-bond donors (Lipinski definition) is 2. The average molecular weight is 330 g/mol. The first kappa shape index (κ1) is 14.3. The molecule has 1 aromatic rings. The second kappa shape index (κ2) is 5.88. The zero-order chi connectivity index (χ0) is 14.0. The van der Waals surface area contributed by atoms with E-state index in [2.05, 4.69) is 21.2 Å². The van der Waals surface area contributed by atoms with Gasteiger partial charge in [-0.2, -0.15) is 0 Å². The molecule has 6 heteroatoms. The van der Waals surface area contributed by atoms with Gasteiger partial charge in [-0.1, -0.05) is 15.9 Å². The summed E-state index contributed by atoms with van der Waals surface area (Å²) in [4.78, 5) is 13.6. The number of rotatable bonds is 4. The molecular weight excluding hydrogens is 313 g/mol. The molecule has 2 rings (SSSR count). The highest BCUT2D eigenvalue weighted by Crippen LogP contribution is 2.27. The summed E-state index contributed by atoms with van der Waals surface area (Å²) >= 11 is 3.32. The topological polar surface area (TPSA) is 58.4 Å². The molecule has 0 saturated carbocycles. The second-order valence-corrected chi connectivity index (χ2v) is 5.66. The first-order valence-corrected chi connectivity index (χ1v) is 7.04. The van der Waals surface area contributed by atoms with Crippen molar-refractivity contribution in [3.8, 4) is 0 Å². The van der Waals surface area contributed by atoms with E-state index in [4.69, 9.17) is 5.73 Å². The lowest BCUT2D eigenvalue weighted by atomic mass is 10.1. The predicted molar refractivity (Wildman–Crippen MR) is 75.2 cm³/mol. The lowest BCUT2D eigenvalue weighted by Crippen LogP contribution is -2.37. The maximum absolute atomic E-state index is 13.8. The van der Waals surface area contributed by atoms with Crippen molar-refractivity contribution in [2.75, 3.05) is 13.1 Å². The smallest absolute Gasteiger partial charge is 0.318 e. The molecule has 0 aliphatic carbocycles. The molecule has 2 unspecified atom stereocenters. The van der Waals surface area contributed by atoms with Crippen LogP contribution in [0.25, 0.3) is 0 Å². The van der Waals surface area contributed by atoms with E-state index in [0.717, 1.165) is 10.9 Å². The summed E-state index contributed by atoms with van der Waals surface area (Å²) in [5, 5.41) is 2.81. The highest BCUT2D eigenvalue weighted by Gasteiger charge is 2.33. The number of urea groups is 1. The van der Waals surface area contributed by atoms with Crippen LogP contribution >= 0.6 is 15.9 Å². The Hall–Kier alpha value is -1.14. The largest absolute Gasteiger partial charge is 0.330 e. The molecule has 19 heavy (non-hydrogen) atoms. The fourth-order valence-electron chi connectivity index (χ4n) is 2.29. The maximum Gasteiger partial charge on any atom is 0.318 e. The van der Waals surface area contributed by atoms with E-state index < -0.39 is 0 Å². The third kappa shape index (κ3) is 3.06. The van der Waals surface area contributed by atoms with Crippen LogP contribution < -0.4 is 11.1 Å². The van der Waals surface area contributed by atoms with Crippen LogP contribution in [0.2, 0.25) is 0 Å². The van der Waals surface area contributed by atoms with Gasteiger partial charge in [-0.15, -0.1) is 0 Å². The molecule has 1 aliphatic rings. The summed E-state index contributed by atoms with van der Waals surface area (Å²) < 4.78 is 14.6. The number of carbonyl (C=O) groups excluding carboxylic acids is 1. The van der Waals surface area contributed by atoms with E-state index >= 15 is 0 Å². The first-order chi connectivity index (χ1) is 9.02. The third-order valence-electron chi connectivity index (χ3n) is 3.39. The van der Waals surface area contributed by atoms with Crippen LogP contribution in [0.3, 0.4) is 0 Å². The molecule has 0 bridgehead atoms. The van der Waals surface area contributed by atoms with Crippen molar-refractivity contribution < 1.29 is 9.18 Å². The van der Waals surface area contributed by atoms with Crippen LogP contribution in [0.4, 0.5) is 9.18 Å². The average Bonchev–Trinajstić information content (AvgIpc) is 2.74. The number of carbonyl (C=O) groups is 1. The number of halogens is 2. The summed E-state index contributed by atoms with van der Waals surface area (Å²) in [6.07, 6.45) is 0.737. The molecule has 1 aromatic carbocycles. The number of amides is 2. The van der Waals surface area contributed by atoms with Gasteiger partial charge in [0.15, 0.2) is 0 Å². The monoisotopic (exact) mass is 329 g/mol. The number of nitrogens with one attached hydrogen (secondary N) is 1. The van der Waals surface area contributed by atoms with Gasteiger partial charge in [0.1, 0.15) is 5.82 Å². The van der Waals surface area contributed by atoms with Gasteiger partial charge in [-0.3, -0.25) is 0 Å². The summed E-state index contributed by atoms with van der Waals surface area (Å²) in [5.74, 6) is -0.304. The zero-order valence-corrected chi connectivity index (χ0v) is 12.3. The Kier molecular flexibility index (Phi) is 4.42. The number of benzene rings is 1. The third-order valence-corrected chi connectivity index (χ3v) is 3.88. The zero-order valence-electron chi connectivity index (χ0n) is 10.7. The molecule has 1 saturated heterocycles.